The van der Waals surface area contributed by atoms with E-state index in [-0.39, 0.29) is 6.04 Å². The van der Waals surface area contributed by atoms with Gasteiger partial charge in [0.1, 0.15) is 5.82 Å². The summed E-state index contributed by atoms with van der Waals surface area (Å²) in [6.45, 7) is 0. The first kappa shape index (κ1) is 12.9. The number of benzene rings is 1. The van der Waals surface area contributed by atoms with Crippen LogP contribution in [0.2, 0.25) is 5.02 Å². The first-order valence-electron chi connectivity index (χ1n) is 6.26. The minimum Gasteiger partial charge on any atom is -0.348 e. The summed E-state index contributed by atoms with van der Waals surface area (Å²) in [5, 5.41) is 0.712. The Morgan fingerprint density at radius 3 is 2.70 bits per heavy atom. The highest BCUT2D eigenvalue weighted by molar-refractivity contribution is 6.30. The summed E-state index contributed by atoms with van der Waals surface area (Å²) in [6.07, 6.45) is 5.85. The Hall–Kier alpha value is -2.11. The number of rotatable bonds is 4. The van der Waals surface area contributed by atoms with Crippen LogP contribution in [0, 0.1) is 0 Å². The molecule has 0 aliphatic rings. The van der Waals surface area contributed by atoms with Crippen molar-refractivity contribution in [2.24, 2.45) is 5.73 Å². The van der Waals surface area contributed by atoms with E-state index >= 15 is 0 Å². The molecule has 2 aromatic heterocycles. The predicted molar refractivity (Wildman–Crippen MR) is 78.3 cm³/mol. The fourth-order valence-corrected chi connectivity index (χ4v) is 2.16. The lowest BCUT2D eigenvalue weighted by atomic mass is 10.1. The summed E-state index contributed by atoms with van der Waals surface area (Å²) in [4.78, 5) is 14.6. The Balaban J connectivity index is 1.77. The van der Waals surface area contributed by atoms with E-state index in [1.807, 2.05) is 24.3 Å². The molecule has 0 radical (unpaired) electrons. The summed E-state index contributed by atoms with van der Waals surface area (Å²) in [5.74, 6) is 0.754. The van der Waals surface area contributed by atoms with Gasteiger partial charge in [0.15, 0.2) is 0 Å². The molecule has 2 heterocycles. The highest BCUT2D eigenvalue weighted by atomic mass is 35.5. The van der Waals surface area contributed by atoms with Crippen molar-refractivity contribution in [3.63, 3.8) is 0 Å². The van der Waals surface area contributed by atoms with E-state index in [0.717, 1.165) is 22.8 Å². The van der Waals surface area contributed by atoms with Crippen LogP contribution in [0.25, 0.3) is 11.3 Å². The molecular weight excluding hydrogens is 274 g/mol. The number of aromatic amines is 2. The predicted octanol–water partition coefficient (Wildman–Crippen LogP) is 2.70. The van der Waals surface area contributed by atoms with Crippen LogP contribution in [0.3, 0.4) is 0 Å². The number of nitrogens with two attached hydrogens (primary N) is 1. The van der Waals surface area contributed by atoms with E-state index in [4.69, 9.17) is 17.3 Å². The monoisotopic (exact) mass is 287 g/mol. The van der Waals surface area contributed by atoms with Gasteiger partial charge in [0, 0.05) is 23.3 Å². The lowest BCUT2D eigenvalue weighted by molar-refractivity contribution is 0.668. The third-order valence-electron chi connectivity index (χ3n) is 3.10. The number of hydrogen-bond acceptors (Lipinski definition) is 3. The average Bonchev–Trinajstić information content (AvgIpc) is 3.10. The van der Waals surface area contributed by atoms with Crippen molar-refractivity contribution in [1.82, 2.24) is 19.9 Å². The highest BCUT2D eigenvalue weighted by Gasteiger charge is 2.12. The second-order valence-corrected chi connectivity index (χ2v) is 5.01. The van der Waals surface area contributed by atoms with Crippen molar-refractivity contribution in [1.29, 1.82) is 0 Å². The largest absolute Gasteiger partial charge is 0.348 e. The molecule has 0 amide bonds. The molecule has 0 saturated heterocycles. The molecular formula is C14H14ClN5. The maximum Gasteiger partial charge on any atom is 0.123 e. The molecule has 0 fully saturated rings. The molecule has 0 aliphatic heterocycles. The van der Waals surface area contributed by atoms with Gasteiger partial charge in [0.2, 0.25) is 0 Å². The minimum atomic E-state index is -0.198. The van der Waals surface area contributed by atoms with Gasteiger partial charge in [0.05, 0.1) is 24.3 Å². The first-order chi connectivity index (χ1) is 9.72. The van der Waals surface area contributed by atoms with Gasteiger partial charge in [-0.3, -0.25) is 0 Å². The van der Waals surface area contributed by atoms with Crippen molar-refractivity contribution in [2.75, 3.05) is 0 Å². The van der Waals surface area contributed by atoms with E-state index in [1.165, 1.54) is 0 Å². The lowest BCUT2D eigenvalue weighted by Gasteiger charge is -2.06. The second-order valence-electron chi connectivity index (χ2n) is 4.58. The van der Waals surface area contributed by atoms with Crippen molar-refractivity contribution in [3.8, 4) is 11.3 Å². The Labute approximate surface area is 121 Å². The van der Waals surface area contributed by atoms with Crippen LogP contribution in [-0.2, 0) is 6.42 Å². The van der Waals surface area contributed by atoms with Crippen molar-refractivity contribution in [2.45, 2.75) is 12.5 Å². The van der Waals surface area contributed by atoms with Gasteiger partial charge in [-0.25, -0.2) is 9.97 Å². The normalized spacial score (nSPS) is 12.5. The smallest absolute Gasteiger partial charge is 0.123 e. The summed E-state index contributed by atoms with van der Waals surface area (Å²) in [6, 6.07) is 7.39. The van der Waals surface area contributed by atoms with Crippen LogP contribution in [0.4, 0.5) is 0 Å². The number of halogens is 1. The lowest BCUT2D eigenvalue weighted by Crippen LogP contribution is -2.15. The molecule has 20 heavy (non-hydrogen) atoms. The Kier molecular flexibility index (Phi) is 3.54. The maximum absolute atomic E-state index is 6.14. The van der Waals surface area contributed by atoms with Gasteiger partial charge in [-0.2, -0.15) is 0 Å². The topological polar surface area (TPSA) is 83.4 Å². The molecule has 3 rings (SSSR count). The van der Waals surface area contributed by atoms with Gasteiger partial charge >= 0.3 is 0 Å². The quantitative estimate of drug-likeness (QED) is 0.690. The van der Waals surface area contributed by atoms with Crippen molar-refractivity contribution in [3.05, 3.63) is 59.5 Å². The molecule has 6 heteroatoms. The van der Waals surface area contributed by atoms with E-state index in [0.29, 0.717) is 11.4 Å². The molecule has 1 aromatic carbocycles. The molecule has 5 nitrogen and oxygen atoms in total. The maximum atomic E-state index is 6.14. The van der Waals surface area contributed by atoms with Crippen LogP contribution in [0.15, 0.2) is 43.0 Å². The molecule has 3 aromatic rings. The summed E-state index contributed by atoms with van der Waals surface area (Å²) >= 11 is 5.88. The van der Waals surface area contributed by atoms with E-state index in [2.05, 4.69) is 19.9 Å². The standard InChI is InChI=1S/C14H14ClN5/c15-10-3-1-9(2-4-10)13-7-18-14(20-13)12(16)5-11-6-17-8-19-11/h1-4,6-8,12H,5,16H2,(H,17,19)(H,18,20)/t12-/m1/s1. The SMILES string of the molecule is N[C@H](Cc1cnc[nH]1)c1ncc(-c2ccc(Cl)cc2)[nH]1. The third-order valence-corrected chi connectivity index (χ3v) is 3.35. The molecule has 0 aliphatic carbocycles. The molecule has 102 valence electrons. The zero-order chi connectivity index (χ0) is 13.9. The zero-order valence-electron chi connectivity index (χ0n) is 10.7. The number of hydrogen-bond donors (Lipinski definition) is 3. The van der Waals surface area contributed by atoms with E-state index < -0.39 is 0 Å². The van der Waals surface area contributed by atoms with Gasteiger partial charge in [-0.1, -0.05) is 23.7 Å². The molecule has 0 bridgehead atoms. The number of nitrogens with zero attached hydrogens (tertiary/aromatic N) is 2. The number of H-pyrrole nitrogens is 2. The third kappa shape index (κ3) is 2.74. The molecule has 0 spiro atoms. The zero-order valence-corrected chi connectivity index (χ0v) is 11.4. The van der Waals surface area contributed by atoms with Gasteiger partial charge in [0.25, 0.3) is 0 Å². The summed E-state index contributed by atoms with van der Waals surface area (Å²) in [7, 11) is 0. The fraction of sp³-hybridized carbons (Fsp3) is 0.143. The van der Waals surface area contributed by atoms with Crippen LogP contribution in [-0.4, -0.2) is 19.9 Å². The minimum absolute atomic E-state index is 0.198. The van der Waals surface area contributed by atoms with Gasteiger partial charge < -0.3 is 15.7 Å². The van der Waals surface area contributed by atoms with Gasteiger partial charge in [-0.05, 0) is 17.7 Å². The first-order valence-corrected chi connectivity index (χ1v) is 6.64. The fourth-order valence-electron chi connectivity index (χ4n) is 2.03. The van der Waals surface area contributed by atoms with Crippen LogP contribution < -0.4 is 5.73 Å². The van der Waals surface area contributed by atoms with E-state index in [1.54, 1.807) is 18.7 Å². The molecule has 0 saturated carbocycles. The molecule has 1 atom stereocenters. The molecule has 0 unspecified atom stereocenters. The van der Waals surface area contributed by atoms with Gasteiger partial charge in [-0.15, -0.1) is 0 Å². The van der Waals surface area contributed by atoms with E-state index in [9.17, 15) is 0 Å². The Morgan fingerprint density at radius 2 is 2.00 bits per heavy atom. The van der Waals surface area contributed by atoms with Crippen molar-refractivity contribution < 1.29 is 0 Å². The molecule has 4 N–H and O–H groups in total. The Morgan fingerprint density at radius 1 is 1.20 bits per heavy atom. The Bertz CT molecular complexity index is 672. The number of nitrogens with one attached hydrogen (secondary N) is 2. The summed E-state index contributed by atoms with van der Waals surface area (Å²) < 4.78 is 0. The summed E-state index contributed by atoms with van der Waals surface area (Å²) in [5.41, 5.74) is 9.08. The number of imidazole rings is 2. The average molecular weight is 288 g/mol. The highest BCUT2D eigenvalue weighted by Crippen LogP contribution is 2.21. The van der Waals surface area contributed by atoms with Crippen LogP contribution in [0.5, 0.6) is 0 Å². The van der Waals surface area contributed by atoms with Crippen molar-refractivity contribution >= 4 is 11.6 Å². The second kappa shape index (κ2) is 5.48. The number of aromatic nitrogens is 4. The van der Waals surface area contributed by atoms with Crippen LogP contribution in [0.1, 0.15) is 17.6 Å². The van der Waals surface area contributed by atoms with Crippen LogP contribution >= 0.6 is 11.6 Å².